The number of anilines is 1. The van der Waals surface area contributed by atoms with E-state index in [0.717, 1.165) is 36.8 Å². The number of amides is 1. The third-order valence-corrected chi connectivity index (χ3v) is 8.66. The average Bonchev–Trinajstić information content (AvgIpc) is 2.86. The third kappa shape index (κ3) is 5.76. The van der Waals surface area contributed by atoms with Gasteiger partial charge in [-0.2, -0.15) is 12.7 Å². The molecule has 184 valence electrons. The molecule has 2 aliphatic heterocycles. The SMILES string of the molecule is CN(c1ccc(F)cc1)S(=O)(=O)N1CCC[C@@H](C(=O)NCCCN2CCc3ccccc3C2)C1. The average molecular weight is 489 g/mol. The molecule has 2 heterocycles. The van der Waals surface area contributed by atoms with Gasteiger partial charge in [-0.25, -0.2) is 4.39 Å². The Kier molecular flexibility index (Phi) is 7.85. The Hall–Kier alpha value is -2.49. The molecule has 0 radical (unpaired) electrons. The van der Waals surface area contributed by atoms with Gasteiger partial charge in [-0.3, -0.25) is 14.0 Å². The molecule has 0 aliphatic carbocycles. The van der Waals surface area contributed by atoms with Gasteiger partial charge < -0.3 is 5.32 Å². The molecule has 34 heavy (non-hydrogen) atoms. The Morgan fingerprint density at radius 1 is 1.12 bits per heavy atom. The second-order valence-electron chi connectivity index (χ2n) is 9.09. The molecule has 0 bridgehead atoms. The van der Waals surface area contributed by atoms with E-state index in [0.29, 0.717) is 31.6 Å². The third-order valence-electron chi connectivity index (χ3n) is 6.78. The molecule has 1 fully saturated rings. The quantitative estimate of drug-likeness (QED) is 0.580. The van der Waals surface area contributed by atoms with Crippen molar-refractivity contribution >= 4 is 21.8 Å². The van der Waals surface area contributed by atoms with E-state index >= 15 is 0 Å². The first kappa shape index (κ1) is 24.6. The summed E-state index contributed by atoms with van der Waals surface area (Å²) in [5, 5.41) is 3.01. The number of nitrogens with one attached hydrogen (secondary N) is 1. The summed E-state index contributed by atoms with van der Waals surface area (Å²) in [5.74, 6) is -0.880. The van der Waals surface area contributed by atoms with Crippen LogP contribution in [0.2, 0.25) is 0 Å². The molecule has 1 N–H and O–H groups in total. The minimum atomic E-state index is -3.80. The van der Waals surface area contributed by atoms with Gasteiger partial charge in [0.15, 0.2) is 0 Å². The van der Waals surface area contributed by atoms with E-state index in [-0.39, 0.29) is 18.4 Å². The highest BCUT2D eigenvalue weighted by Gasteiger charge is 2.34. The van der Waals surface area contributed by atoms with Crippen molar-refractivity contribution in [1.82, 2.24) is 14.5 Å². The van der Waals surface area contributed by atoms with Crippen molar-refractivity contribution < 1.29 is 17.6 Å². The summed E-state index contributed by atoms with van der Waals surface area (Å²) in [6.45, 7) is 4.00. The number of carbonyl (C=O) groups excluding carboxylic acids is 1. The van der Waals surface area contributed by atoms with Crippen LogP contribution in [0.25, 0.3) is 0 Å². The number of hydrogen-bond acceptors (Lipinski definition) is 4. The molecule has 4 rings (SSSR count). The zero-order valence-electron chi connectivity index (χ0n) is 19.6. The van der Waals surface area contributed by atoms with Crippen LogP contribution >= 0.6 is 0 Å². The molecule has 0 aromatic heterocycles. The fraction of sp³-hybridized carbons (Fsp3) is 0.480. The van der Waals surface area contributed by atoms with Gasteiger partial charge in [-0.1, -0.05) is 24.3 Å². The molecule has 0 unspecified atom stereocenters. The number of nitrogens with zero attached hydrogens (tertiary/aromatic N) is 3. The van der Waals surface area contributed by atoms with Crippen LogP contribution in [0.5, 0.6) is 0 Å². The minimum absolute atomic E-state index is 0.0895. The van der Waals surface area contributed by atoms with Crippen molar-refractivity contribution in [3.05, 3.63) is 65.5 Å². The van der Waals surface area contributed by atoms with Gasteiger partial charge >= 0.3 is 10.2 Å². The lowest BCUT2D eigenvalue weighted by Crippen LogP contribution is -2.50. The molecule has 1 atom stereocenters. The Morgan fingerprint density at radius 2 is 1.85 bits per heavy atom. The highest BCUT2D eigenvalue weighted by molar-refractivity contribution is 7.90. The molecule has 7 nitrogen and oxygen atoms in total. The molecular weight excluding hydrogens is 455 g/mol. The van der Waals surface area contributed by atoms with Crippen LogP contribution in [0.4, 0.5) is 10.1 Å². The normalized spacial score (nSPS) is 19.4. The zero-order valence-corrected chi connectivity index (χ0v) is 20.4. The van der Waals surface area contributed by atoms with Crippen LogP contribution < -0.4 is 9.62 Å². The largest absolute Gasteiger partial charge is 0.356 e. The lowest BCUT2D eigenvalue weighted by atomic mass is 9.99. The van der Waals surface area contributed by atoms with Crippen LogP contribution in [0.1, 0.15) is 30.4 Å². The smallest absolute Gasteiger partial charge is 0.303 e. The van der Waals surface area contributed by atoms with E-state index in [1.165, 1.54) is 46.7 Å². The predicted octanol–water partition coefficient (Wildman–Crippen LogP) is 2.78. The van der Waals surface area contributed by atoms with Crippen LogP contribution in [0.3, 0.4) is 0 Å². The van der Waals surface area contributed by atoms with E-state index in [1.807, 2.05) is 0 Å². The first-order valence-corrected chi connectivity index (χ1v) is 13.3. The highest BCUT2D eigenvalue weighted by atomic mass is 32.2. The van der Waals surface area contributed by atoms with Crippen LogP contribution in [0.15, 0.2) is 48.5 Å². The highest BCUT2D eigenvalue weighted by Crippen LogP contribution is 2.24. The van der Waals surface area contributed by atoms with Crippen molar-refractivity contribution in [3.8, 4) is 0 Å². The molecule has 2 aromatic rings. The van der Waals surface area contributed by atoms with Gasteiger partial charge in [0.05, 0.1) is 11.6 Å². The fourth-order valence-corrected chi connectivity index (χ4v) is 6.19. The molecule has 2 aliphatic rings. The van der Waals surface area contributed by atoms with Crippen molar-refractivity contribution in [3.63, 3.8) is 0 Å². The number of fused-ring (bicyclic) bond motifs is 1. The Bertz CT molecular complexity index is 1090. The Morgan fingerprint density at radius 3 is 2.62 bits per heavy atom. The molecule has 1 amide bonds. The summed E-state index contributed by atoms with van der Waals surface area (Å²) in [4.78, 5) is 15.2. The molecule has 0 spiro atoms. The molecular formula is C25H33FN4O3S. The van der Waals surface area contributed by atoms with Gasteiger partial charge in [0.1, 0.15) is 5.82 Å². The molecule has 2 aromatic carbocycles. The summed E-state index contributed by atoms with van der Waals surface area (Å²) in [6, 6.07) is 13.9. The van der Waals surface area contributed by atoms with Gasteiger partial charge in [0.2, 0.25) is 5.91 Å². The number of benzene rings is 2. The van der Waals surface area contributed by atoms with Crippen molar-refractivity contribution in [1.29, 1.82) is 0 Å². The predicted molar refractivity (Wildman–Crippen MR) is 131 cm³/mol. The topological polar surface area (TPSA) is 73.0 Å². The zero-order chi connectivity index (χ0) is 24.1. The van der Waals surface area contributed by atoms with E-state index in [2.05, 4.69) is 34.5 Å². The van der Waals surface area contributed by atoms with Crippen molar-refractivity contribution in [2.24, 2.45) is 5.92 Å². The summed E-state index contributed by atoms with van der Waals surface area (Å²) in [6.07, 6.45) is 3.21. The van der Waals surface area contributed by atoms with Gasteiger partial charge in [-0.05, 0) is 61.1 Å². The van der Waals surface area contributed by atoms with Gasteiger partial charge in [0, 0.05) is 46.3 Å². The lowest BCUT2D eigenvalue weighted by Gasteiger charge is -2.34. The van der Waals surface area contributed by atoms with E-state index in [9.17, 15) is 17.6 Å². The summed E-state index contributed by atoms with van der Waals surface area (Å²) in [7, 11) is -2.35. The number of hydrogen-bond donors (Lipinski definition) is 1. The molecule has 1 saturated heterocycles. The van der Waals surface area contributed by atoms with Gasteiger partial charge in [0.25, 0.3) is 0 Å². The number of piperidine rings is 1. The van der Waals surface area contributed by atoms with Crippen molar-refractivity contribution in [2.45, 2.75) is 32.2 Å². The Balaban J connectivity index is 1.24. The maximum atomic E-state index is 13.2. The van der Waals surface area contributed by atoms with Gasteiger partial charge in [-0.15, -0.1) is 0 Å². The second kappa shape index (κ2) is 10.8. The van der Waals surface area contributed by atoms with Crippen LogP contribution in [-0.4, -0.2) is 63.3 Å². The first-order chi connectivity index (χ1) is 16.3. The summed E-state index contributed by atoms with van der Waals surface area (Å²) in [5.41, 5.74) is 3.19. The summed E-state index contributed by atoms with van der Waals surface area (Å²) >= 11 is 0. The van der Waals surface area contributed by atoms with Crippen LogP contribution in [0, 0.1) is 11.7 Å². The van der Waals surface area contributed by atoms with E-state index in [4.69, 9.17) is 0 Å². The lowest BCUT2D eigenvalue weighted by molar-refractivity contribution is -0.126. The molecule has 9 heteroatoms. The number of carbonyl (C=O) groups is 1. The number of rotatable bonds is 8. The van der Waals surface area contributed by atoms with E-state index in [1.54, 1.807) is 0 Å². The second-order valence-corrected chi connectivity index (χ2v) is 11.0. The first-order valence-electron chi connectivity index (χ1n) is 11.9. The van der Waals surface area contributed by atoms with Crippen molar-refractivity contribution in [2.75, 3.05) is 44.1 Å². The number of halogens is 1. The van der Waals surface area contributed by atoms with E-state index < -0.39 is 16.0 Å². The fourth-order valence-electron chi connectivity index (χ4n) is 4.73. The van der Waals surface area contributed by atoms with Crippen LogP contribution in [-0.2, 0) is 28.0 Å². The monoisotopic (exact) mass is 488 g/mol. The minimum Gasteiger partial charge on any atom is -0.356 e. The standard InChI is InChI=1S/C25H33FN4O3S/c1-28(24-11-9-23(26)10-12-24)34(32,33)30-16-4-8-22(19-30)25(31)27-14-5-15-29-17-13-20-6-2-3-7-21(20)18-29/h2-3,6-7,9-12,22H,4-5,8,13-19H2,1H3,(H,27,31)/t22-/m1/s1. The maximum Gasteiger partial charge on any atom is 0.303 e. The Labute approximate surface area is 201 Å². The maximum absolute atomic E-state index is 13.2. The molecule has 0 saturated carbocycles. The summed E-state index contributed by atoms with van der Waals surface area (Å²) < 4.78 is 41.9.